The average molecular weight is 321 g/mol. The molecule has 4 saturated carbocycles. The van der Waals surface area contributed by atoms with E-state index in [9.17, 15) is 10.2 Å². The van der Waals surface area contributed by atoms with E-state index >= 15 is 0 Å². The van der Waals surface area contributed by atoms with Crippen LogP contribution in [0.1, 0.15) is 91.4 Å². The molecular weight excluding hydrogens is 284 g/mol. The Kier molecular flexibility index (Phi) is 3.54. The fourth-order valence-corrected chi connectivity index (χ4v) is 7.94. The Morgan fingerprint density at radius 1 is 0.826 bits per heavy atom. The lowest BCUT2D eigenvalue weighted by Crippen LogP contribution is -2.64. The molecule has 2 N–H and O–H groups in total. The van der Waals surface area contributed by atoms with Crippen LogP contribution in [0.3, 0.4) is 0 Å². The van der Waals surface area contributed by atoms with Gasteiger partial charge in [0.15, 0.2) is 0 Å². The average Bonchev–Trinajstić information content (AvgIpc) is 2.76. The largest absolute Gasteiger partial charge is 0.389 e. The highest BCUT2D eigenvalue weighted by atomic mass is 16.3. The summed E-state index contributed by atoms with van der Waals surface area (Å²) < 4.78 is 0. The van der Waals surface area contributed by atoms with Gasteiger partial charge in [-0.2, -0.15) is 0 Å². The van der Waals surface area contributed by atoms with Crippen molar-refractivity contribution in [2.75, 3.05) is 0 Å². The van der Waals surface area contributed by atoms with Gasteiger partial charge in [0.1, 0.15) is 0 Å². The third-order valence-electron chi connectivity index (χ3n) is 9.67. The summed E-state index contributed by atoms with van der Waals surface area (Å²) in [6.45, 7) is 6.85. The maximum atomic E-state index is 11.9. The molecule has 1 unspecified atom stereocenters. The molecule has 4 aliphatic rings. The highest BCUT2D eigenvalue weighted by molar-refractivity contribution is 5.21. The molecule has 0 bridgehead atoms. The van der Waals surface area contributed by atoms with Crippen LogP contribution in [0.4, 0.5) is 0 Å². The first kappa shape index (κ1) is 16.4. The molecule has 4 aliphatic carbocycles. The fraction of sp³-hybridized carbons (Fsp3) is 1.00. The molecule has 0 aromatic carbocycles. The van der Waals surface area contributed by atoms with Crippen LogP contribution in [0.2, 0.25) is 0 Å². The lowest BCUT2D eigenvalue weighted by molar-refractivity contribution is -0.233. The Morgan fingerprint density at radius 3 is 2.35 bits per heavy atom. The van der Waals surface area contributed by atoms with Crippen LogP contribution < -0.4 is 0 Å². The molecule has 0 heterocycles. The lowest BCUT2D eigenvalue weighted by atomic mass is 9.43. The van der Waals surface area contributed by atoms with E-state index in [-0.39, 0.29) is 5.41 Å². The first-order valence-corrected chi connectivity index (χ1v) is 10.3. The van der Waals surface area contributed by atoms with Crippen LogP contribution in [0.25, 0.3) is 0 Å². The molecule has 7 atom stereocenters. The quantitative estimate of drug-likeness (QED) is 0.737. The normalized spacial score (nSPS) is 59.1. The van der Waals surface area contributed by atoms with Crippen molar-refractivity contribution in [1.82, 2.24) is 0 Å². The molecule has 0 radical (unpaired) electrons. The monoisotopic (exact) mass is 320 g/mol. The maximum absolute atomic E-state index is 11.9. The van der Waals surface area contributed by atoms with Crippen molar-refractivity contribution >= 4 is 0 Å². The second-order valence-corrected chi connectivity index (χ2v) is 9.92. The minimum absolute atomic E-state index is 0.298. The number of rotatable bonds is 1. The maximum Gasteiger partial charge on any atom is 0.0760 e. The summed E-state index contributed by atoms with van der Waals surface area (Å²) in [5.74, 6) is 1.98. The molecule has 0 aromatic heterocycles. The van der Waals surface area contributed by atoms with Crippen LogP contribution in [0, 0.1) is 28.6 Å². The molecule has 4 fully saturated rings. The molecule has 0 spiro atoms. The SMILES string of the molecule is CC[C@@]1(O)CC[C@@]2(O)[C@@H]3CCC4CCCC[C@]4(C)[C@H]3CC[C@]12C. The van der Waals surface area contributed by atoms with Gasteiger partial charge in [-0.3, -0.25) is 0 Å². The van der Waals surface area contributed by atoms with Crippen molar-refractivity contribution < 1.29 is 10.2 Å². The van der Waals surface area contributed by atoms with E-state index < -0.39 is 11.2 Å². The highest BCUT2D eigenvalue weighted by Crippen LogP contribution is 2.70. The molecule has 23 heavy (non-hydrogen) atoms. The molecule has 0 amide bonds. The smallest absolute Gasteiger partial charge is 0.0760 e. The van der Waals surface area contributed by atoms with Crippen molar-refractivity contribution in [3.05, 3.63) is 0 Å². The van der Waals surface area contributed by atoms with Crippen molar-refractivity contribution in [3.63, 3.8) is 0 Å². The zero-order chi connectivity index (χ0) is 16.5. The minimum atomic E-state index is -0.656. The topological polar surface area (TPSA) is 40.5 Å². The molecule has 0 saturated heterocycles. The van der Waals surface area contributed by atoms with Crippen molar-refractivity contribution in [2.45, 2.75) is 103 Å². The molecule has 0 aliphatic heterocycles. The second-order valence-electron chi connectivity index (χ2n) is 9.92. The zero-order valence-corrected chi connectivity index (χ0v) is 15.4. The number of hydrogen-bond donors (Lipinski definition) is 2. The van der Waals surface area contributed by atoms with Gasteiger partial charge in [0.2, 0.25) is 0 Å². The first-order valence-electron chi connectivity index (χ1n) is 10.3. The first-order chi connectivity index (χ1) is 10.8. The summed E-state index contributed by atoms with van der Waals surface area (Å²) in [5.41, 5.74) is -1.14. The van der Waals surface area contributed by atoms with Crippen molar-refractivity contribution in [3.8, 4) is 0 Å². The van der Waals surface area contributed by atoms with Gasteiger partial charge < -0.3 is 10.2 Å². The third kappa shape index (κ3) is 1.83. The molecule has 4 rings (SSSR count). The van der Waals surface area contributed by atoms with Gasteiger partial charge in [-0.15, -0.1) is 0 Å². The standard InChI is InChI=1S/C21H36O2/c1-4-20(22)13-14-21(23)17-9-8-15-7-5-6-11-18(15,2)16(17)10-12-19(20,21)3/h15-17,22-23H,4-14H2,1-3H3/t15?,16-,17+,18-,19+,20+,21+/m0/s1. The van der Waals surface area contributed by atoms with Crippen LogP contribution in [-0.2, 0) is 0 Å². The van der Waals surface area contributed by atoms with E-state index in [2.05, 4.69) is 20.8 Å². The number of fused-ring (bicyclic) bond motifs is 5. The van der Waals surface area contributed by atoms with Gasteiger partial charge in [-0.1, -0.05) is 33.6 Å². The summed E-state index contributed by atoms with van der Waals surface area (Å²) in [6, 6.07) is 0. The van der Waals surface area contributed by atoms with E-state index in [0.29, 0.717) is 17.3 Å². The molecule has 2 nitrogen and oxygen atoms in total. The summed E-state index contributed by atoms with van der Waals surface area (Å²) >= 11 is 0. The van der Waals surface area contributed by atoms with Gasteiger partial charge in [-0.25, -0.2) is 0 Å². The Bertz CT molecular complexity index is 490. The van der Waals surface area contributed by atoms with Gasteiger partial charge in [0.05, 0.1) is 11.2 Å². The Morgan fingerprint density at radius 2 is 1.61 bits per heavy atom. The Balaban J connectivity index is 1.71. The van der Waals surface area contributed by atoms with E-state index in [1.54, 1.807) is 0 Å². The van der Waals surface area contributed by atoms with Crippen molar-refractivity contribution in [2.24, 2.45) is 28.6 Å². The van der Waals surface area contributed by atoms with E-state index in [4.69, 9.17) is 0 Å². The molecule has 2 heteroatoms. The van der Waals surface area contributed by atoms with Gasteiger partial charge in [0.25, 0.3) is 0 Å². The summed E-state index contributed by atoms with van der Waals surface area (Å²) in [4.78, 5) is 0. The second kappa shape index (κ2) is 4.97. The molecular formula is C21H36O2. The Hall–Kier alpha value is -0.0800. The highest BCUT2D eigenvalue weighted by Gasteiger charge is 2.70. The summed E-state index contributed by atoms with van der Waals surface area (Å²) in [6.07, 6.45) is 12.7. The minimum Gasteiger partial charge on any atom is -0.389 e. The van der Waals surface area contributed by atoms with Crippen LogP contribution in [0.5, 0.6) is 0 Å². The summed E-state index contributed by atoms with van der Waals surface area (Å²) in [5, 5.41) is 23.1. The predicted octanol–water partition coefficient (Wildman–Crippen LogP) is 4.68. The van der Waals surface area contributed by atoms with Crippen LogP contribution in [0.15, 0.2) is 0 Å². The van der Waals surface area contributed by atoms with E-state index in [1.807, 2.05) is 0 Å². The van der Waals surface area contributed by atoms with Crippen molar-refractivity contribution in [1.29, 1.82) is 0 Å². The van der Waals surface area contributed by atoms with Crippen LogP contribution >= 0.6 is 0 Å². The van der Waals surface area contributed by atoms with E-state index in [0.717, 1.165) is 31.6 Å². The zero-order valence-electron chi connectivity index (χ0n) is 15.4. The van der Waals surface area contributed by atoms with Crippen LogP contribution in [-0.4, -0.2) is 21.4 Å². The Labute approximate surface area is 142 Å². The summed E-state index contributed by atoms with van der Waals surface area (Å²) in [7, 11) is 0. The number of hydrogen-bond acceptors (Lipinski definition) is 2. The van der Waals surface area contributed by atoms with E-state index in [1.165, 1.54) is 44.9 Å². The lowest BCUT2D eigenvalue weighted by Gasteiger charge is -2.64. The third-order valence-corrected chi connectivity index (χ3v) is 9.67. The number of aliphatic hydroxyl groups is 2. The van der Waals surface area contributed by atoms with Gasteiger partial charge >= 0.3 is 0 Å². The molecule has 0 aromatic rings. The van der Waals surface area contributed by atoms with Gasteiger partial charge in [-0.05, 0) is 81.0 Å². The fourth-order valence-electron chi connectivity index (χ4n) is 7.94. The molecule has 132 valence electrons. The predicted molar refractivity (Wildman–Crippen MR) is 93.0 cm³/mol. The van der Waals surface area contributed by atoms with Gasteiger partial charge in [0, 0.05) is 5.41 Å².